The van der Waals surface area contributed by atoms with Gasteiger partial charge < -0.3 is 15.5 Å². The van der Waals surface area contributed by atoms with Gasteiger partial charge in [0.05, 0.1) is 28.8 Å². The zero-order valence-corrected chi connectivity index (χ0v) is 13.2. The molecule has 6 heteroatoms. The lowest BCUT2D eigenvalue weighted by Gasteiger charge is -2.22. The third-order valence-corrected chi connectivity index (χ3v) is 4.13. The van der Waals surface area contributed by atoms with Crippen LogP contribution in [0.5, 0.6) is 0 Å². The molecule has 0 saturated carbocycles. The summed E-state index contributed by atoms with van der Waals surface area (Å²) in [6.07, 6.45) is 1.23. The van der Waals surface area contributed by atoms with E-state index >= 15 is 0 Å². The molecule has 1 aromatic carbocycles. The predicted octanol–water partition coefficient (Wildman–Crippen LogP) is 2.09. The van der Waals surface area contributed by atoms with E-state index in [2.05, 4.69) is 22.2 Å². The van der Waals surface area contributed by atoms with Gasteiger partial charge >= 0.3 is 0 Å². The first-order valence-electron chi connectivity index (χ1n) is 7.64. The number of benzene rings is 1. The quantitative estimate of drug-likeness (QED) is 0.756. The summed E-state index contributed by atoms with van der Waals surface area (Å²) in [6.45, 7) is 1.93. The van der Waals surface area contributed by atoms with Crippen molar-refractivity contribution in [1.82, 2.24) is 9.78 Å². The van der Waals surface area contributed by atoms with E-state index in [4.69, 9.17) is 4.42 Å². The van der Waals surface area contributed by atoms with Crippen LogP contribution in [0.4, 0.5) is 5.82 Å². The maximum Gasteiger partial charge on any atom is 0.196 e. The summed E-state index contributed by atoms with van der Waals surface area (Å²) in [6, 6.07) is 15.8. The van der Waals surface area contributed by atoms with Gasteiger partial charge in [0.25, 0.3) is 0 Å². The maximum atomic E-state index is 9.61. The Hall–Kier alpha value is -3.30. The standard InChI is InChI=1S/C18H15N5O/c1-11-15-16(14-8-5-9-24-14)13(10-19)17(20)21-18(15)23(22-11)12-6-3-2-4-7-12/h2-9,17,21H,20H2,1H3/p+1/t17-/m0/s1. The molecule has 0 radical (unpaired) electrons. The molecule has 118 valence electrons. The first-order chi connectivity index (χ1) is 11.7. The minimum atomic E-state index is -0.374. The molecular formula is C18H16N5O+. The molecule has 24 heavy (non-hydrogen) atoms. The molecule has 0 fully saturated rings. The van der Waals surface area contributed by atoms with Crippen molar-refractivity contribution in [2.24, 2.45) is 0 Å². The van der Waals surface area contributed by atoms with Crippen LogP contribution in [-0.2, 0) is 0 Å². The Morgan fingerprint density at radius 3 is 2.71 bits per heavy atom. The van der Waals surface area contributed by atoms with E-state index in [9.17, 15) is 5.26 Å². The lowest BCUT2D eigenvalue weighted by Crippen LogP contribution is -2.66. The first-order valence-corrected chi connectivity index (χ1v) is 7.64. The van der Waals surface area contributed by atoms with Crippen LogP contribution < -0.4 is 11.1 Å². The number of quaternary nitrogens is 1. The fourth-order valence-corrected chi connectivity index (χ4v) is 3.07. The number of aryl methyl sites for hydroxylation is 1. The number of nitrogens with one attached hydrogen (secondary N) is 1. The Kier molecular flexibility index (Phi) is 3.22. The molecule has 6 nitrogen and oxygen atoms in total. The van der Waals surface area contributed by atoms with Crippen molar-refractivity contribution in [1.29, 1.82) is 5.26 Å². The van der Waals surface area contributed by atoms with Crippen molar-refractivity contribution in [2.45, 2.75) is 13.1 Å². The molecule has 4 rings (SSSR count). The Morgan fingerprint density at radius 1 is 1.25 bits per heavy atom. The molecule has 3 aromatic rings. The highest BCUT2D eigenvalue weighted by Crippen LogP contribution is 2.39. The van der Waals surface area contributed by atoms with E-state index < -0.39 is 0 Å². The molecular weight excluding hydrogens is 302 g/mol. The van der Waals surface area contributed by atoms with Crippen LogP contribution >= 0.6 is 0 Å². The van der Waals surface area contributed by atoms with E-state index in [1.165, 1.54) is 0 Å². The molecule has 0 saturated heterocycles. The number of fused-ring (bicyclic) bond motifs is 1. The number of rotatable bonds is 2. The monoisotopic (exact) mass is 318 g/mol. The highest BCUT2D eigenvalue weighted by atomic mass is 16.3. The van der Waals surface area contributed by atoms with Crippen LogP contribution in [0.25, 0.3) is 11.3 Å². The van der Waals surface area contributed by atoms with Gasteiger partial charge in [0.15, 0.2) is 6.17 Å². The fourth-order valence-electron chi connectivity index (χ4n) is 3.07. The van der Waals surface area contributed by atoms with Gasteiger partial charge in [0.1, 0.15) is 23.2 Å². The van der Waals surface area contributed by atoms with Gasteiger partial charge in [-0.15, -0.1) is 0 Å². The molecule has 0 unspecified atom stereocenters. The zero-order valence-electron chi connectivity index (χ0n) is 13.2. The van der Waals surface area contributed by atoms with Crippen LogP contribution in [0.15, 0.2) is 58.7 Å². The van der Waals surface area contributed by atoms with Crippen LogP contribution in [0.1, 0.15) is 17.0 Å². The third kappa shape index (κ3) is 2.03. The summed E-state index contributed by atoms with van der Waals surface area (Å²) in [7, 11) is 0. The Labute approximate surface area is 138 Å². The fraction of sp³-hybridized carbons (Fsp3) is 0.111. The van der Waals surface area contributed by atoms with Crippen LogP contribution in [-0.4, -0.2) is 15.9 Å². The van der Waals surface area contributed by atoms with Crippen molar-refractivity contribution in [3.05, 3.63) is 71.3 Å². The number of nitrogens with zero attached hydrogens (tertiary/aromatic N) is 3. The second-order valence-corrected chi connectivity index (χ2v) is 5.63. The van der Waals surface area contributed by atoms with E-state index in [-0.39, 0.29) is 6.17 Å². The number of para-hydroxylation sites is 1. The smallest absolute Gasteiger partial charge is 0.196 e. The second kappa shape index (κ2) is 5.41. The highest BCUT2D eigenvalue weighted by molar-refractivity contribution is 5.91. The van der Waals surface area contributed by atoms with Crippen molar-refractivity contribution >= 4 is 11.4 Å². The minimum absolute atomic E-state index is 0.374. The van der Waals surface area contributed by atoms with Gasteiger partial charge in [-0.25, -0.2) is 4.68 Å². The summed E-state index contributed by atoms with van der Waals surface area (Å²) in [5.74, 6) is 1.47. The summed E-state index contributed by atoms with van der Waals surface area (Å²) in [4.78, 5) is 0. The molecule has 1 atom stereocenters. The summed E-state index contributed by atoms with van der Waals surface area (Å²) >= 11 is 0. The lowest BCUT2D eigenvalue weighted by molar-refractivity contribution is -0.396. The average Bonchev–Trinajstić information content (AvgIpc) is 3.23. The molecule has 3 heterocycles. The summed E-state index contributed by atoms with van der Waals surface area (Å²) in [5.41, 5.74) is 8.04. The van der Waals surface area contributed by atoms with E-state index in [0.717, 1.165) is 28.3 Å². The number of anilines is 1. The van der Waals surface area contributed by atoms with E-state index in [1.54, 1.807) is 6.26 Å². The van der Waals surface area contributed by atoms with Gasteiger partial charge in [0, 0.05) is 0 Å². The number of aromatic nitrogens is 2. The largest absolute Gasteiger partial charge is 0.464 e. The molecule has 0 amide bonds. The molecule has 4 N–H and O–H groups in total. The SMILES string of the molecule is Cc1nn(-c2ccccc2)c2c1C(c1ccco1)=C(C#N)[C@@H]([NH3+])N2. The molecule has 2 aromatic heterocycles. The molecule has 0 spiro atoms. The van der Waals surface area contributed by atoms with Crippen LogP contribution in [0.3, 0.4) is 0 Å². The van der Waals surface area contributed by atoms with Gasteiger partial charge in [-0.2, -0.15) is 10.4 Å². The van der Waals surface area contributed by atoms with Crippen LogP contribution in [0, 0.1) is 18.3 Å². The molecule has 1 aliphatic rings. The highest BCUT2D eigenvalue weighted by Gasteiger charge is 2.34. The van der Waals surface area contributed by atoms with Crippen molar-refractivity contribution in [3.63, 3.8) is 0 Å². The van der Waals surface area contributed by atoms with Gasteiger partial charge in [-0.3, -0.25) is 0 Å². The number of hydrogen-bond donors (Lipinski definition) is 2. The topological polar surface area (TPSA) is 94.4 Å². The second-order valence-electron chi connectivity index (χ2n) is 5.63. The molecule has 1 aliphatic heterocycles. The molecule has 0 aliphatic carbocycles. The lowest BCUT2D eigenvalue weighted by atomic mass is 9.93. The Balaban J connectivity index is 2.01. The molecule has 0 bridgehead atoms. The van der Waals surface area contributed by atoms with Crippen molar-refractivity contribution in [2.75, 3.05) is 5.32 Å². The summed E-state index contributed by atoms with van der Waals surface area (Å²) in [5, 5.41) is 17.6. The third-order valence-electron chi connectivity index (χ3n) is 4.13. The number of nitriles is 1. The number of hydrogen-bond acceptors (Lipinski definition) is 4. The van der Waals surface area contributed by atoms with Gasteiger partial charge in [-0.05, 0) is 31.2 Å². The first kappa shape index (κ1) is 14.3. The number of furan rings is 1. The van der Waals surface area contributed by atoms with E-state index in [0.29, 0.717) is 11.3 Å². The normalized spacial score (nSPS) is 16.5. The maximum absolute atomic E-state index is 9.61. The Morgan fingerprint density at radius 2 is 2.04 bits per heavy atom. The minimum Gasteiger partial charge on any atom is -0.464 e. The van der Waals surface area contributed by atoms with Gasteiger partial charge in [-0.1, -0.05) is 18.2 Å². The summed E-state index contributed by atoms with van der Waals surface area (Å²) < 4.78 is 7.43. The van der Waals surface area contributed by atoms with E-state index in [1.807, 2.05) is 54.1 Å². The van der Waals surface area contributed by atoms with Gasteiger partial charge in [0.2, 0.25) is 0 Å². The zero-order chi connectivity index (χ0) is 16.7. The van der Waals surface area contributed by atoms with Crippen molar-refractivity contribution in [3.8, 4) is 11.8 Å². The van der Waals surface area contributed by atoms with Crippen LogP contribution in [0.2, 0.25) is 0 Å². The average molecular weight is 318 g/mol. The van der Waals surface area contributed by atoms with Crippen molar-refractivity contribution < 1.29 is 10.2 Å². The Bertz CT molecular complexity index is 961. The predicted molar refractivity (Wildman–Crippen MR) is 88.9 cm³/mol.